The van der Waals surface area contributed by atoms with Gasteiger partial charge in [0.15, 0.2) is 4.77 Å². The number of aromatic amines is 1. The van der Waals surface area contributed by atoms with Gasteiger partial charge in [-0.3, -0.25) is 0 Å². The molecule has 1 aromatic carbocycles. The van der Waals surface area contributed by atoms with Gasteiger partial charge in [-0.25, -0.2) is 4.98 Å². The quantitative estimate of drug-likeness (QED) is 0.743. The van der Waals surface area contributed by atoms with Crippen molar-refractivity contribution in [3.05, 3.63) is 58.6 Å². The van der Waals surface area contributed by atoms with E-state index < -0.39 is 0 Å². The number of nitrogens with one attached hydrogen (secondary N) is 1. The first kappa shape index (κ1) is 12.9. The third kappa shape index (κ3) is 2.32. The molecule has 0 atom stereocenters. The Kier molecular flexibility index (Phi) is 3.28. The van der Waals surface area contributed by atoms with Crippen LogP contribution in [-0.2, 0) is 6.54 Å². The zero-order valence-corrected chi connectivity index (χ0v) is 12.2. The van der Waals surface area contributed by atoms with E-state index in [9.17, 15) is 0 Å². The number of hydrogen-bond acceptors (Lipinski definition) is 3. The summed E-state index contributed by atoms with van der Waals surface area (Å²) < 4.78 is 8.30. The minimum absolute atomic E-state index is 0.529. The lowest BCUT2D eigenvalue weighted by Crippen LogP contribution is -2.02. The number of H-pyrrole nitrogens is 1. The van der Waals surface area contributed by atoms with Crippen molar-refractivity contribution in [2.75, 3.05) is 0 Å². The van der Waals surface area contributed by atoms with E-state index in [1.807, 2.05) is 42.8 Å². The zero-order valence-electron chi connectivity index (χ0n) is 11.4. The van der Waals surface area contributed by atoms with Crippen LogP contribution in [0.1, 0.15) is 17.3 Å². The number of nitrogens with zero attached hydrogens (tertiary/aromatic N) is 2. The summed E-state index contributed by atoms with van der Waals surface area (Å²) in [6.45, 7) is 4.39. The highest BCUT2D eigenvalue weighted by Crippen LogP contribution is 2.21. The van der Waals surface area contributed by atoms with Gasteiger partial charge in [0.25, 0.3) is 0 Å². The van der Waals surface area contributed by atoms with Gasteiger partial charge in [0.2, 0.25) is 5.89 Å². The molecule has 0 spiro atoms. The Morgan fingerprint density at radius 2 is 2.00 bits per heavy atom. The molecule has 20 heavy (non-hydrogen) atoms. The Hall–Kier alpha value is -2.14. The highest BCUT2D eigenvalue weighted by molar-refractivity contribution is 7.71. The third-order valence-electron chi connectivity index (χ3n) is 3.30. The molecular formula is C15H15N3OS. The molecule has 0 aliphatic rings. The van der Waals surface area contributed by atoms with Gasteiger partial charge in [-0.15, -0.1) is 0 Å². The number of aryl methyl sites for hydroxylation is 2. The van der Waals surface area contributed by atoms with E-state index in [-0.39, 0.29) is 0 Å². The van der Waals surface area contributed by atoms with E-state index in [1.165, 1.54) is 0 Å². The lowest BCUT2D eigenvalue weighted by Gasteiger charge is -2.06. The SMILES string of the molecule is Cc1nc(Cn2c(-c3ccccc3)c[nH]c2=S)oc1C. The first-order chi connectivity index (χ1) is 9.65. The molecular weight excluding hydrogens is 270 g/mol. The van der Waals surface area contributed by atoms with Crippen molar-refractivity contribution in [2.45, 2.75) is 20.4 Å². The second kappa shape index (κ2) is 5.09. The predicted octanol–water partition coefficient (Wildman–Crippen LogP) is 3.87. The van der Waals surface area contributed by atoms with Crippen LogP contribution in [-0.4, -0.2) is 14.5 Å². The maximum atomic E-state index is 5.64. The fraction of sp³-hybridized carbons (Fsp3) is 0.200. The van der Waals surface area contributed by atoms with Gasteiger partial charge in [0, 0.05) is 6.20 Å². The molecule has 5 heteroatoms. The molecule has 4 nitrogen and oxygen atoms in total. The fourth-order valence-corrected chi connectivity index (χ4v) is 2.36. The second-order valence-corrected chi connectivity index (χ2v) is 5.07. The molecule has 0 unspecified atom stereocenters. The van der Waals surface area contributed by atoms with Crippen molar-refractivity contribution < 1.29 is 4.42 Å². The van der Waals surface area contributed by atoms with E-state index in [0.29, 0.717) is 17.2 Å². The number of aromatic nitrogens is 3. The molecule has 0 amide bonds. The molecule has 0 fully saturated rings. The number of imidazole rings is 1. The number of benzene rings is 1. The topological polar surface area (TPSA) is 46.8 Å². The minimum atomic E-state index is 0.529. The predicted molar refractivity (Wildman–Crippen MR) is 80.1 cm³/mol. The average molecular weight is 285 g/mol. The second-order valence-electron chi connectivity index (χ2n) is 4.68. The summed E-state index contributed by atoms with van der Waals surface area (Å²) in [5, 5.41) is 0. The van der Waals surface area contributed by atoms with Crippen LogP contribution in [0, 0.1) is 18.6 Å². The number of rotatable bonds is 3. The Labute approximate surface area is 122 Å². The van der Waals surface area contributed by atoms with Gasteiger partial charge >= 0.3 is 0 Å². The van der Waals surface area contributed by atoms with Crippen molar-refractivity contribution >= 4 is 12.2 Å². The van der Waals surface area contributed by atoms with Gasteiger partial charge in [0.1, 0.15) is 12.3 Å². The van der Waals surface area contributed by atoms with Crippen molar-refractivity contribution in [3.63, 3.8) is 0 Å². The maximum Gasteiger partial charge on any atom is 0.214 e. The van der Waals surface area contributed by atoms with Crippen molar-refractivity contribution in [1.29, 1.82) is 0 Å². The van der Waals surface area contributed by atoms with Crippen LogP contribution >= 0.6 is 12.2 Å². The molecule has 0 saturated carbocycles. The van der Waals surface area contributed by atoms with Gasteiger partial charge in [-0.05, 0) is 31.6 Å². The summed E-state index contributed by atoms with van der Waals surface area (Å²) >= 11 is 5.35. The molecule has 0 saturated heterocycles. The fourth-order valence-electron chi connectivity index (χ4n) is 2.14. The van der Waals surface area contributed by atoms with Gasteiger partial charge in [-0.1, -0.05) is 30.3 Å². The van der Waals surface area contributed by atoms with Crippen LogP contribution in [0.2, 0.25) is 0 Å². The molecule has 2 aromatic heterocycles. The van der Waals surface area contributed by atoms with Crippen molar-refractivity contribution in [3.8, 4) is 11.3 Å². The van der Waals surface area contributed by atoms with Gasteiger partial charge in [0.05, 0.1) is 11.4 Å². The molecule has 3 aromatic rings. The van der Waals surface area contributed by atoms with Crippen molar-refractivity contribution in [2.24, 2.45) is 0 Å². The van der Waals surface area contributed by atoms with Crippen LogP contribution in [0.5, 0.6) is 0 Å². The van der Waals surface area contributed by atoms with Gasteiger partial charge in [-0.2, -0.15) is 0 Å². The van der Waals surface area contributed by atoms with E-state index in [1.54, 1.807) is 0 Å². The minimum Gasteiger partial charge on any atom is -0.444 e. The average Bonchev–Trinajstić information content (AvgIpc) is 2.96. The summed E-state index contributed by atoms with van der Waals surface area (Å²) in [4.78, 5) is 7.50. The lowest BCUT2D eigenvalue weighted by atomic mass is 10.2. The third-order valence-corrected chi connectivity index (χ3v) is 3.64. The lowest BCUT2D eigenvalue weighted by molar-refractivity contribution is 0.456. The normalized spacial score (nSPS) is 10.9. The zero-order chi connectivity index (χ0) is 14.1. The maximum absolute atomic E-state index is 5.64. The van der Waals surface area contributed by atoms with E-state index in [2.05, 4.69) is 22.1 Å². The molecule has 102 valence electrons. The standard InChI is InChI=1S/C15H15N3OS/c1-10-11(2)19-14(17-10)9-18-13(8-16-15(18)20)12-6-4-3-5-7-12/h3-8H,9H2,1-2H3,(H,16,20). The van der Waals surface area contributed by atoms with Crippen molar-refractivity contribution in [1.82, 2.24) is 14.5 Å². The highest BCUT2D eigenvalue weighted by Gasteiger charge is 2.11. The smallest absolute Gasteiger partial charge is 0.214 e. The number of oxazole rings is 1. The van der Waals surface area contributed by atoms with E-state index in [0.717, 1.165) is 22.7 Å². The monoisotopic (exact) mass is 285 g/mol. The molecule has 3 rings (SSSR count). The first-order valence-corrected chi connectivity index (χ1v) is 6.82. The number of hydrogen-bond donors (Lipinski definition) is 1. The molecule has 1 N–H and O–H groups in total. The van der Waals surface area contributed by atoms with Crippen LogP contribution in [0.3, 0.4) is 0 Å². The Bertz CT molecular complexity index is 764. The van der Waals surface area contributed by atoms with Crippen LogP contribution < -0.4 is 0 Å². The summed E-state index contributed by atoms with van der Waals surface area (Å²) in [5.41, 5.74) is 3.06. The largest absolute Gasteiger partial charge is 0.444 e. The first-order valence-electron chi connectivity index (χ1n) is 6.41. The summed E-state index contributed by atoms with van der Waals surface area (Å²) in [6, 6.07) is 10.1. The van der Waals surface area contributed by atoms with Crippen LogP contribution in [0.15, 0.2) is 40.9 Å². The molecule has 2 heterocycles. The van der Waals surface area contributed by atoms with Crippen LogP contribution in [0.4, 0.5) is 0 Å². The van der Waals surface area contributed by atoms with Crippen LogP contribution in [0.25, 0.3) is 11.3 Å². The highest BCUT2D eigenvalue weighted by atomic mass is 32.1. The van der Waals surface area contributed by atoms with E-state index >= 15 is 0 Å². The van der Waals surface area contributed by atoms with E-state index in [4.69, 9.17) is 16.6 Å². The summed E-state index contributed by atoms with van der Waals surface area (Å²) in [5.74, 6) is 1.52. The van der Waals surface area contributed by atoms with Gasteiger partial charge < -0.3 is 14.0 Å². The molecule has 0 aliphatic heterocycles. The molecule has 0 radical (unpaired) electrons. The Morgan fingerprint density at radius 1 is 1.25 bits per heavy atom. The molecule has 0 aliphatic carbocycles. The molecule has 0 bridgehead atoms. The summed E-state index contributed by atoms with van der Waals surface area (Å²) in [6.07, 6.45) is 1.92. The summed E-state index contributed by atoms with van der Waals surface area (Å²) in [7, 11) is 0. The Morgan fingerprint density at radius 3 is 2.65 bits per heavy atom. The Balaban J connectivity index is 2.02.